The number of hydrogen-bond acceptors (Lipinski definition) is 10. The van der Waals surface area contributed by atoms with E-state index in [0.29, 0.717) is 42.0 Å². The molecule has 0 bridgehead atoms. The minimum absolute atomic E-state index is 0.307. The molecule has 8 nitrogen and oxygen atoms in total. The molecule has 0 unspecified atom stereocenters. The fourth-order valence-corrected chi connectivity index (χ4v) is 7.13. The minimum Gasteiger partial charge on any atom is -0.465 e. The number of methoxy groups -OCH3 is 2. The van der Waals surface area contributed by atoms with Gasteiger partial charge in [0, 0.05) is 9.79 Å². The van der Waals surface area contributed by atoms with E-state index >= 15 is 0 Å². The summed E-state index contributed by atoms with van der Waals surface area (Å²) in [5, 5.41) is 8.96. The predicted molar refractivity (Wildman–Crippen MR) is 152 cm³/mol. The summed E-state index contributed by atoms with van der Waals surface area (Å²) in [7, 11) is 5.21. The third-order valence-corrected chi connectivity index (χ3v) is 9.32. The maximum Gasteiger partial charge on any atom is 0.350 e. The summed E-state index contributed by atoms with van der Waals surface area (Å²) < 4.78 is 9.56. The molecule has 0 radical (unpaired) electrons. The highest BCUT2D eigenvalue weighted by molar-refractivity contribution is 8.76. The Hall–Kier alpha value is -3.58. The molecule has 2 heterocycles. The Morgan fingerprint density at radius 1 is 0.632 bits per heavy atom. The van der Waals surface area contributed by atoms with Crippen molar-refractivity contribution in [2.45, 2.75) is 9.79 Å². The highest BCUT2D eigenvalue weighted by atomic mass is 33.1. The van der Waals surface area contributed by atoms with Crippen LogP contribution < -0.4 is 10.6 Å². The lowest BCUT2D eigenvalue weighted by Crippen LogP contribution is -2.15. The monoisotopic (exact) mass is 584 g/mol. The van der Waals surface area contributed by atoms with Crippen LogP contribution >= 0.6 is 44.3 Å². The van der Waals surface area contributed by atoms with Crippen LogP contribution in [0.15, 0.2) is 81.2 Å². The van der Waals surface area contributed by atoms with E-state index in [4.69, 9.17) is 9.47 Å². The second kappa shape index (κ2) is 12.8. The van der Waals surface area contributed by atoms with Gasteiger partial charge in [-0.1, -0.05) is 45.9 Å². The molecule has 2 N–H and O–H groups in total. The molecule has 0 aliphatic rings. The lowest BCUT2D eigenvalue weighted by Gasteiger charge is -2.12. The highest BCUT2D eigenvalue weighted by Gasteiger charge is 2.20. The lowest BCUT2D eigenvalue weighted by atomic mass is 10.2. The van der Waals surface area contributed by atoms with E-state index in [1.165, 1.54) is 58.5 Å². The van der Waals surface area contributed by atoms with Gasteiger partial charge in [0.05, 0.1) is 36.7 Å². The molecular weight excluding hydrogens is 565 g/mol. The SMILES string of the molecule is COC(=O)c1sccc1NC(=O)c1ccccc1SSc1ccccc1C(=O)Nc1ccsc1C(=O)OC. The number of hydrogen-bond donors (Lipinski definition) is 2. The maximum atomic E-state index is 13.1. The van der Waals surface area contributed by atoms with Crippen molar-refractivity contribution in [3.05, 3.63) is 92.3 Å². The molecule has 2 amide bonds. The van der Waals surface area contributed by atoms with Crippen molar-refractivity contribution in [2.75, 3.05) is 24.9 Å². The standard InChI is InChI=1S/C26H20N2O6S4/c1-33-25(31)21-17(11-13-35-21)27-23(29)15-7-3-5-9-19(15)37-38-20-10-6-4-8-16(20)24(30)28-18-12-14-36-22(18)26(32)34-2/h3-14H,1-2H3,(H,27,29)(H,28,30). The van der Waals surface area contributed by atoms with Crippen LogP contribution in [0.2, 0.25) is 0 Å². The molecule has 0 saturated carbocycles. The number of esters is 2. The summed E-state index contributed by atoms with van der Waals surface area (Å²) in [6.07, 6.45) is 0. The summed E-state index contributed by atoms with van der Waals surface area (Å²) >= 11 is 2.36. The number of anilines is 2. The van der Waals surface area contributed by atoms with Gasteiger partial charge in [-0.25, -0.2) is 9.59 Å². The van der Waals surface area contributed by atoms with Gasteiger partial charge >= 0.3 is 11.9 Å². The molecule has 0 aliphatic carbocycles. The molecule has 4 rings (SSSR count). The largest absolute Gasteiger partial charge is 0.465 e. The maximum absolute atomic E-state index is 13.1. The zero-order valence-corrected chi connectivity index (χ0v) is 23.3. The van der Waals surface area contributed by atoms with Crippen LogP contribution in [0, 0.1) is 0 Å². The summed E-state index contributed by atoms with van der Waals surface area (Å²) in [5.41, 5.74) is 1.58. The number of benzene rings is 2. The first-order valence-corrected chi connectivity index (χ1v) is 14.8. The summed E-state index contributed by atoms with van der Waals surface area (Å²) in [6.45, 7) is 0. The molecule has 194 valence electrons. The van der Waals surface area contributed by atoms with E-state index in [2.05, 4.69) is 10.6 Å². The Bertz CT molecular complexity index is 1380. The van der Waals surface area contributed by atoms with Crippen LogP contribution in [0.3, 0.4) is 0 Å². The van der Waals surface area contributed by atoms with Gasteiger partial charge < -0.3 is 20.1 Å². The van der Waals surface area contributed by atoms with Gasteiger partial charge in [-0.2, -0.15) is 0 Å². The van der Waals surface area contributed by atoms with Gasteiger partial charge in [-0.3, -0.25) is 9.59 Å². The molecule has 4 aromatic rings. The molecule has 0 fully saturated rings. The van der Waals surface area contributed by atoms with Crippen molar-refractivity contribution >= 4 is 79.4 Å². The van der Waals surface area contributed by atoms with Crippen molar-refractivity contribution < 1.29 is 28.7 Å². The van der Waals surface area contributed by atoms with Crippen LogP contribution in [0.1, 0.15) is 40.1 Å². The Labute approximate surface area is 234 Å². The summed E-state index contributed by atoms with van der Waals surface area (Å²) in [5.74, 6) is -1.80. The van der Waals surface area contributed by atoms with E-state index in [-0.39, 0.29) is 11.8 Å². The van der Waals surface area contributed by atoms with Gasteiger partial charge in [-0.05, 0) is 47.2 Å². The van der Waals surface area contributed by atoms with Gasteiger partial charge in [0.25, 0.3) is 11.8 Å². The average Bonchev–Trinajstić information content (AvgIpc) is 3.61. The smallest absolute Gasteiger partial charge is 0.350 e. The van der Waals surface area contributed by atoms with Crippen molar-refractivity contribution in [1.29, 1.82) is 0 Å². The van der Waals surface area contributed by atoms with Gasteiger partial charge in [-0.15, -0.1) is 22.7 Å². The third kappa shape index (κ3) is 6.27. The van der Waals surface area contributed by atoms with Gasteiger partial charge in [0.15, 0.2) is 0 Å². The first-order valence-electron chi connectivity index (χ1n) is 10.9. The van der Waals surface area contributed by atoms with Crippen LogP contribution in [0.25, 0.3) is 0 Å². The molecule has 12 heteroatoms. The van der Waals surface area contributed by atoms with Gasteiger partial charge in [0.2, 0.25) is 0 Å². The Balaban J connectivity index is 1.50. The number of rotatable bonds is 9. The minimum atomic E-state index is -0.524. The number of thiophene rings is 2. The second-order valence-corrected chi connectivity index (χ2v) is 11.4. The number of amides is 2. The first-order chi connectivity index (χ1) is 18.4. The van der Waals surface area contributed by atoms with Crippen LogP contribution in [0.5, 0.6) is 0 Å². The average molecular weight is 585 g/mol. The zero-order chi connectivity index (χ0) is 27.1. The third-order valence-electron chi connectivity index (χ3n) is 5.05. The van der Waals surface area contributed by atoms with Crippen molar-refractivity contribution in [3.8, 4) is 0 Å². The van der Waals surface area contributed by atoms with Crippen LogP contribution in [0.4, 0.5) is 11.4 Å². The fourth-order valence-electron chi connectivity index (χ4n) is 3.24. The van der Waals surface area contributed by atoms with E-state index in [1.54, 1.807) is 59.3 Å². The molecule has 2 aromatic heterocycles. The quantitative estimate of drug-likeness (QED) is 0.165. The summed E-state index contributed by atoms with van der Waals surface area (Å²) in [4.78, 5) is 52.1. The van der Waals surface area contributed by atoms with Crippen molar-refractivity contribution in [1.82, 2.24) is 0 Å². The normalized spacial score (nSPS) is 10.5. The Morgan fingerprint density at radius 3 is 1.42 bits per heavy atom. The van der Waals surface area contributed by atoms with Crippen LogP contribution in [-0.4, -0.2) is 38.0 Å². The number of carbonyl (C=O) groups excluding carboxylic acids is 4. The highest BCUT2D eigenvalue weighted by Crippen LogP contribution is 2.41. The van der Waals surface area contributed by atoms with Gasteiger partial charge in [0.1, 0.15) is 9.75 Å². The van der Waals surface area contributed by atoms with E-state index in [0.717, 1.165) is 0 Å². The first kappa shape index (κ1) is 27.5. The Morgan fingerprint density at radius 2 is 1.03 bits per heavy atom. The molecule has 0 atom stereocenters. The molecule has 0 spiro atoms. The van der Waals surface area contributed by atoms with E-state index in [9.17, 15) is 19.2 Å². The van der Waals surface area contributed by atoms with E-state index in [1.807, 2.05) is 12.1 Å². The topological polar surface area (TPSA) is 111 Å². The van der Waals surface area contributed by atoms with Crippen molar-refractivity contribution in [2.24, 2.45) is 0 Å². The Kier molecular flexibility index (Phi) is 9.24. The van der Waals surface area contributed by atoms with Crippen LogP contribution in [-0.2, 0) is 9.47 Å². The number of carbonyl (C=O) groups is 4. The molecule has 0 aliphatic heterocycles. The van der Waals surface area contributed by atoms with Crippen molar-refractivity contribution in [3.63, 3.8) is 0 Å². The molecule has 38 heavy (non-hydrogen) atoms. The lowest BCUT2D eigenvalue weighted by molar-refractivity contribution is 0.0598. The molecular formula is C26H20N2O6S4. The number of ether oxygens (including phenoxy) is 2. The van der Waals surface area contributed by atoms with E-state index < -0.39 is 11.9 Å². The zero-order valence-electron chi connectivity index (χ0n) is 20.0. The summed E-state index contributed by atoms with van der Waals surface area (Å²) in [6, 6.07) is 17.4. The molecule has 2 aromatic carbocycles. The number of nitrogens with one attached hydrogen (secondary N) is 2. The fraction of sp³-hybridized carbons (Fsp3) is 0.0769. The predicted octanol–water partition coefficient (Wildman–Crippen LogP) is 6.69. The second-order valence-electron chi connectivity index (χ2n) is 7.38. The molecule has 0 saturated heterocycles.